The van der Waals surface area contributed by atoms with Gasteiger partial charge >= 0.3 is 0 Å². The highest BCUT2D eigenvalue weighted by molar-refractivity contribution is 14.1. The van der Waals surface area contributed by atoms with Crippen LogP contribution in [0.2, 0.25) is 5.02 Å². The highest BCUT2D eigenvalue weighted by Gasteiger charge is 2.28. The van der Waals surface area contributed by atoms with E-state index >= 15 is 0 Å². The standard InChI is InChI=1S/C14H18ClIN2/c15-13-8-10(16)3-6-14(13)18-7-1-2-12(9-18)17-11-4-5-11/h3,6,8,11-12,17H,1-2,4-5,7,9H2. The van der Waals surface area contributed by atoms with E-state index in [1.165, 1.54) is 34.9 Å². The fourth-order valence-electron chi connectivity index (χ4n) is 2.65. The molecule has 1 unspecified atom stereocenters. The van der Waals surface area contributed by atoms with Gasteiger partial charge in [0.15, 0.2) is 0 Å². The second-order valence-electron chi connectivity index (χ2n) is 5.32. The lowest BCUT2D eigenvalue weighted by Crippen LogP contribution is -2.46. The Morgan fingerprint density at radius 2 is 2.06 bits per heavy atom. The molecule has 2 fully saturated rings. The Hall–Kier alpha value is -0.000000000000000132. The molecular formula is C14H18ClIN2. The third kappa shape index (κ3) is 3.11. The Labute approximate surface area is 127 Å². The minimum absolute atomic E-state index is 0.640. The number of hydrogen-bond donors (Lipinski definition) is 1. The molecule has 4 heteroatoms. The second-order valence-corrected chi connectivity index (χ2v) is 6.97. The Morgan fingerprint density at radius 3 is 2.78 bits per heavy atom. The van der Waals surface area contributed by atoms with Gasteiger partial charge in [-0.3, -0.25) is 0 Å². The zero-order chi connectivity index (χ0) is 12.5. The number of piperidine rings is 1. The average molecular weight is 377 g/mol. The van der Waals surface area contributed by atoms with Crippen LogP contribution in [0.4, 0.5) is 5.69 Å². The van der Waals surface area contributed by atoms with Gasteiger partial charge in [-0.15, -0.1) is 0 Å². The van der Waals surface area contributed by atoms with Crippen LogP contribution in [0, 0.1) is 3.57 Å². The summed E-state index contributed by atoms with van der Waals surface area (Å²) in [5, 5.41) is 4.62. The lowest BCUT2D eigenvalue weighted by molar-refractivity contribution is 0.420. The maximum atomic E-state index is 6.36. The Balaban J connectivity index is 1.70. The normalized spacial score (nSPS) is 24.3. The van der Waals surface area contributed by atoms with Crippen molar-refractivity contribution in [3.8, 4) is 0 Å². The quantitative estimate of drug-likeness (QED) is 0.810. The van der Waals surface area contributed by atoms with E-state index in [2.05, 4.69) is 51.0 Å². The van der Waals surface area contributed by atoms with Crippen molar-refractivity contribution < 1.29 is 0 Å². The van der Waals surface area contributed by atoms with Crippen LogP contribution in [0.25, 0.3) is 0 Å². The number of halogens is 2. The van der Waals surface area contributed by atoms with E-state index < -0.39 is 0 Å². The third-order valence-corrected chi connectivity index (χ3v) is 4.69. The summed E-state index contributed by atoms with van der Waals surface area (Å²) in [6.07, 6.45) is 5.28. The molecule has 1 aliphatic heterocycles. The SMILES string of the molecule is Clc1cc(I)ccc1N1CCCC(NC2CC2)C1. The van der Waals surface area contributed by atoms with E-state index in [4.69, 9.17) is 11.6 Å². The van der Waals surface area contributed by atoms with Crippen LogP contribution in [-0.2, 0) is 0 Å². The van der Waals surface area contributed by atoms with Crippen LogP contribution >= 0.6 is 34.2 Å². The second kappa shape index (κ2) is 5.55. The van der Waals surface area contributed by atoms with Gasteiger partial charge in [-0.05, 0) is 66.5 Å². The molecule has 1 aromatic carbocycles. The van der Waals surface area contributed by atoms with Gasteiger partial charge in [-0.25, -0.2) is 0 Å². The van der Waals surface area contributed by atoms with Crippen LogP contribution in [0.1, 0.15) is 25.7 Å². The Morgan fingerprint density at radius 1 is 1.22 bits per heavy atom. The van der Waals surface area contributed by atoms with Crippen molar-refractivity contribution in [3.05, 3.63) is 26.8 Å². The average Bonchev–Trinajstić information content (AvgIpc) is 3.13. The molecule has 0 bridgehead atoms. The maximum absolute atomic E-state index is 6.36. The van der Waals surface area contributed by atoms with Gasteiger partial charge in [-0.1, -0.05) is 11.6 Å². The van der Waals surface area contributed by atoms with E-state index in [-0.39, 0.29) is 0 Å². The molecule has 1 N–H and O–H groups in total. The van der Waals surface area contributed by atoms with E-state index in [1.807, 2.05) is 0 Å². The van der Waals surface area contributed by atoms with Gasteiger partial charge in [0.1, 0.15) is 0 Å². The highest BCUT2D eigenvalue weighted by atomic mass is 127. The Kier molecular flexibility index (Phi) is 4.01. The summed E-state index contributed by atoms with van der Waals surface area (Å²) in [6, 6.07) is 7.78. The molecule has 1 atom stereocenters. The molecule has 0 radical (unpaired) electrons. The van der Waals surface area contributed by atoms with E-state index in [9.17, 15) is 0 Å². The smallest absolute Gasteiger partial charge is 0.0650 e. The summed E-state index contributed by atoms with van der Waals surface area (Å²) in [4.78, 5) is 2.43. The predicted octanol–water partition coefficient (Wildman–Crippen LogP) is 3.67. The van der Waals surface area contributed by atoms with Gasteiger partial charge in [0.25, 0.3) is 0 Å². The number of rotatable bonds is 3. The van der Waals surface area contributed by atoms with Crippen LogP contribution in [-0.4, -0.2) is 25.2 Å². The first-order chi connectivity index (χ1) is 8.72. The summed E-state index contributed by atoms with van der Waals surface area (Å²) in [5.74, 6) is 0. The van der Waals surface area contributed by atoms with Crippen molar-refractivity contribution in [2.75, 3.05) is 18.0 Å². The molecular weight excluding hydrogens is 359 g/mol. The number of nitrogens with zero attached hydrogens (tertiary/aromatic N) is 1. The molecule has 1 aliphatic carbocycles. The van der Waals surface area contributed by atoms with Gasteiger partial charge in [-0.2, -0.15) is 0 Å². The van der Waals surface area contributed by atoms with Gasteiger partial charge in [0.05, 0.1) is 10.7 Å². The predicted molar refractivity (Wildman–Crippen MR) is 85.6 cm³/mol. The maximum Gasteiger partial charge on any atom is 0.0650 e. The van der Waals surface area contributed by atoms with Crippen LogP contribution < -0.4 is 10.2 Å². The molecule has 1 heterocycles. The molecule has 98 valence electrons. The van der Waals surface area contributed by atoms with E-state index in [0.29, 0.717) is 6.04 Å². The number of benzene rings is 1. The molecule has 18 heavy (non-hydrogen) atoms. The monoisotopic (exact) mass is 376 g/mol. The molecule has 1 saturated carbocycles. The van der Waals surface area contributed by atoms with Gasteiger partial charge in [0.2, 0.25) is 0 Å². The van der Waals surface area contributed by atoms with Gasteiger partial charge in [0, 0.05) is 28.7 Å². The molecule has 2 aliphatic rings. The summed E-state index contributed by atoms with van der Waals surface area (Å²) in [7, 11) is 0. The summed E-state index contributed by atoms with van der Waals surface area (Å²) >= 11 is 8.67. The summed E-state index contributed by atoms with van der Waals surface area (Å²) in [5.41, 5.74) is 1.19. The number of anilines is 1. The lowest BCUT2D eigenvalue weighted by atomic mass is 10.0. The van der Waals surface area contributed by atoms with Crippen molar-refractivity contribution in [1.29, 1.82) is 0 Å². The minimum atomic E-state index is 0.640. The van der Waals surface area contributed by atoms with Crippen LogP contribution in [0.5, 0.6) is 0 Å². The largest absolute Gasteiger partial charge is 0.369 e. The van der Waals surface area contributed by atoms with Crippen molar-refractivity contribution in [2.24, 2.45) is 0 Å². The van der Waals surface area contributed by atoms with Crippen molar-refractivity contribution in [2.45, 2.75) is 37.8 Å². The molecule has 0 amide bonds. The molecule has 1 aromatic rings. The molecule has 2 nitrogen and oxygen atoms in total. The zero-order valence-electron chi connectivity index (χ0n) is 10.3. The Bertz CT molecular complexity index is 434. The minimum Gasteiger partial charge on any atom is -0.369 e. The topological polar surface area (TPSA) is 15.3 Å². The van der Waals surface area contributed by atoms with Crippen molar-refractivity contribution in [1.82, 2.24) is 5.32 Å². The summed E-state index contributed by atoms with van der Waals surface area (Å²) < 4.78 is 1.20. The first-order valence-electron chi connectivity index (χ1n) is 6.68. The third-order valence-electron chi connectivity index (χ3n) is 3.72. The van der Waals surface area contributed by atoms with E-state index in [0.717, 1.165) is 24.2 Å². The molecule has 0 spiro atoms. The first kappa shape index (κ1) is 13.0. The lowest BCUT2D eigenvalue weighted by Gasteiger charge is -2.35. The molecule has 1 saturated heterocycles. The van der Waals surface area contributed by atoms with Gasteiger partial charge < -0.3 is 10.2 Å². The fraction of sp³-hybridized carbons (Fsp3) is 0.571. The zero-order valence-corrected chi connectivity index (χ0v) is 13.2. The summed E-state index contributed by atoms with van der Waals surface area (Å²) in [6.45, 7) is 2.22. The number of nitrogens with one attached hydrogen (secondary N) is 1. The van der Waals surface area contributed by atoms with E-state index in [1.54, 1.807) is 0 Å². The van der Waals surface area contributed by atoms with Crippen molar-refractivity contribution in [3.63, 3.8) is 0 Å². The first-order valence-corrected chi connectivity index (χ1v) is 8.14. The van der Waals surface area contributed by atoms with Crippen LogP contribution in [0.15, 0.2) is 18.2 Å². The highest BCUT2D eigenvalue weighted by Crippen LogP contribution is 2.30. The van der Waals surface area contributed by atoms with Crippen LogP contribution in [0.3, 0.4) is 0 Å². The molecule has 3 rings (SSSR count). The fourth-order valence-corrected chi connectivity index (χ4v) is 3.63. The molecule has 0 aromatic heterocycles. The number of hydrogen-bond acceptors (Lipinski definition) is 2. The van der Waals surface area contributed by atoms with Crippen molar-refractivity contribution >= 4 is 39.9 Å².